The molecule has 22 heavy (non-hydrogen) atoms. The van der Waals surface area contributed by atoms with E-state index in [1.54, 1.807) is 0 Å². The maximum Gasteiger partial charge on any atom is 0.328 e. The number of aromatic nitrogens is 1. The highest BCUT2D eigenvalue weighted by Crippen LogP contribution is 2.48. The summed E-state index contributed by atoms with van der Waals surface area (Å²) < 4.78 is 5.28. The summed E-state index contributed by atoms with van der Waals surface area (Å²) in [5, 5.41) is 3.35. The van der Waals surface area contributed by atoms with Crippen LogP contribution in [0.25, 0.3) is 0 Å². The lowest BCUT2D eigenvalue weighted by Crippen LogP contribution is -2.44. The van der Waals surface area contributed by atoms with Crippen LogP contribution in [0.5, 0.6) is 0 Å². The number of hydrogen-bond acceptors (Lipinski definition) is 4. The van der Waals surface area contributed by atoms with Crippen LogP contribution in [0.15, 0.2) is 42.6 Å². The highest BCUT2D eigenvalue weighted by atomic mass is 16.5. The molecule has 1 aromatic heterocycles. The summed E-state index contributed by atoms with van der Waals surface area (Å²) >= 11 is 0. The van der Waals surface area contributed by atoms with Crippen LogP contribution >= 0.6 is 0 Å². The van der Waals surface area contributed by atoms with E-state index in [0.717, 1.165) is 17.8 Å². The molecule has 0 fully saturated rings. The molecule has 2 aromatic rings. The van der Waals surface area contributed by atoms with E-state index < -0.39 is 0 Å². The van der Waals surface area contributed by atoms with Crippen LogP contribution in [-0.2, 0) is 16.0 Å². The lowest BCUT2D eigenvalue weighted by atomic mass is 9.80. The van der Waals surface area contributed by atoms with Crippen molar-refractivity contribution in [3.05, 3.63) is 59.4 Å². The predicted octanol–water partition coefficient (Wildman–Crippen LogP) is 2.74. The Bertz CT molecular complexity index is 729. The van der Waals surface area contributed by atoms with E-state index in [4.69, 9.17) is 4.74 Å². The van der Waals surface area contributed by atoms with E-state index >= 15 is 0 Å². The molecular formula is C18H18N2O2. The van der Waals surface area contributed by atoms with Crippen molar-refractivity contribution in [3.8, 4) is 0 Å². The largest absolute Gasteiger partial charge is 0.464 e. The number of nitrogens with zero attached hydrogens (tertiary/aromatic N) is 1. The SMILES string of the molecule is CCOC(=O)[C@H]1Nc2cccnc2[C@H]2c3ccccc3C[C@H]21. The molecule has 0 bridgehead atoms. The Morgan fingerprint density at radius 3 is 3.05 bits per heavy atom. The van der Waals surface area contributed by atoms with Gasteiger partial charge in [0.25, 0.3) is 0 Å². The molecule has 2 heterocycles. The number of hydrogen-bond donors (Lipinski definition) is 1. The Balaban J connectivity index is 1.83. The van der Waals surface area contributed by atoms with Crippen molar-refractivity contribution in [3.63, 3.8) is 0 Å². The normalized spacial score (nSPS) is 24.7. The molecule has 3 atom stereocenters. The fourth-order valence-electron chi connectivity index (χ4n) is 3.81. The van der Waals surface area contributed by atoms with Gasteiger partial charge in [-0.1, -0.05) is 24.3 Å². The van der Waals surface area contributed by atoms with Crippen molar-refractivity contribution in [1.29, 1.82) is 0 Å². The minimum absolute atomic E-state index is 0.166. The van der Waals surface area contributed by atoms with Crippen LogP contribution in [0, 0.1) is 5.92 Å². The minimum atomic E-state index is -0.311. The van der Waals surface area contributed by atoms with Crippen LogP contribution in [0.2, 0.25) is 0 Å². The molecule has 1 N–H and O–H groups in total. The Hall–Kier alpha value is -2.36. The van der Waals surface area contributed by atoms with Gasteiger partial charge in [-0.3, -0.25) is 4.98 Å². The zero-order valence-electron chi connectivity index (χ0n) is 12.5. The van der Waals surface area contributed by atoms with Crippen molar-refractivity contribution >= 4 is 11.7 Å². The molecule has 0 saturated carbocycles. The average Bonchev–Trinajstić information content (AvgIpc) is 2.94. The van der Waals surface area contributed by atoms with Gasteiger partial charge in [0.05, 0.1) is 18.0 Å². The lowest BCUT2D eigenvalue weighted by molar-refractivity contribution is -0.145. The number of carbonyl (C=O) groups is 1. The summed E-state index contributed by atoms with van der Waals surface area (Å²) in [5.74, 6) is 0.168. The predicted molar refractivity (Wildman–Crippen MR) is 83.8 cm³/mol. The molecule has 2 aliphatic rings. The van der Waals surface area contributed by atoms with Gasteiger partial charge in [0.1, 0.15) is 6.04 Å². The van der Waals surface area contributed by atoms with E-state index in [-0.39, 0.29) is 23.8 Å². The van der Waals surface area contributed by atoms with E-state index in [1.807, 2.05) is 25.3 Å². The number of carbonyl (C=O) groups excluding carboxylic acids is 1. The molecule has 4 nitrogen and oxygen atoms in total. The smallest absolute Gasteiger partial charge is 0.328 e. The first-order valence-corrected chi connectivity index (χ1v) is 7.75. The highest BCUT2D eigenvalue weighted by molar-refractivity contribution is 5.82. The molecule has 0 amide bonds. The maximum absolute atomic E-state index is 12.4. The number of rotatable bonds is 2. The van der Waals surface area contributed by atoms with Gasteiger partial charge >= 0.3 is 5.97 Å². The molecule has 0 unspecified atom stereocenters. The highest BCUT2D eigenvalue weighted by Gasteiger charge is 2.46. The van der Waals surface area contributed by atoms with Gasteiger partial charge in [0.2, 0.25) is 0 Å². The molecule has 0 saturated heterocycles. The third-order valence-electron chi connectivity index (χ3n) is 4.69. The molecule has 1 aliphatic carbocycles. The molecular weight excluding hydrogens is 276 g/mol. The van der Waals surface area contributed by atoms with Gasteiger partial charge in [-0.05, 0) is 36.6 Å². The van der Waals surface area contributed by atoms with Crippen molar-refractivity contribution in [2.24, 2.45) is 5.92 Å². The fraction of sp³-hybridized carbons (Fsp3) is 0.333. The van der Waals surface area contributed by atoms with Gasteiger partial charge in [-0.15, -0.1) is 0 Å². The second-order valence-corrected chi connectivity index (χ2v) is 5.85. The Kier molecular flexibility index (Phi) is 3.10. The third kappa shape index (κ3) is 1.90. The summed E-state index contributed by atoms with van der Waals surface area (Å²) in [4.78, 5) is 17.0. The van der Waals surface area contributed by atoms with Crippen molar-refractivity contribution in [2.45, 2.75) is 25.3 Å². The summed E-state index contributed by atoms with van der Waals surface area (Å²) in [6.07, 6.45) is 2.70. The number of fused-ring (bicyclic) bond motifs is 5. The first-order chi connectivity index (χ1) is 10.8. The molecule has 112 valence electrons. The van der Waals surface area contributed by atoms with Crippen LogP contribution < -0.4 is 5.32 Å². The number of ether oxygens (including phenoxy) is 1. The van der Waals surface area contributed by atoms with Gasteiger partial charge in [0.15, 0.2) is 0 Å². The molecule has 4 heteroatoms. The minimum Gasteiger partial charge on any atom is -0.464 e. The quantitative estimate of drug-likeness (QED) is 0.865. The zero-order valence-corrected chi connectivity index (χ0v) is 12.5. The summed E-state index contributed by atoms with van der Waals surface area (Å²) in [6.45, 7) is 2.25. The van der Waals surface area contributed by atoms with Crippen molar-refractivity contribution in [2.75, 3.05) is 11.9 Å². The first-order valence-electron chi connectivity index (χ1n) is 7.75. The summed E-state index contributed by atoms with van der Waals surface area (Å²) in [7, 11) is 0. The monoisotopic (exact) mass is 294 g/mol. The second-order valence-electron chi connectivity index (χ2n) is 5.85. The topological polar surface area (TPSA) is 51.2 Å². The van der Waals surface area contributed by atoms with Crippen molar-refractivity contribution < 1.29 is 9.53 Å². The molecule has 0 spiro atoms. The third-order valence-corrected chi connectivity index (χ3v) is 4.69. The van der Waals surface area contributed by atoms with Gasteiger partial charge < -0.3 is 10.1 Å². The molecule has 0 radical (unpaired) electrons. The standard InChI is InChI=1S/C18H18N2O2/c1-2-22-18(21)16-13-10-11-6-3-4-7-12(11)15(13)17-14(20-16)8-5-9-19-17/h3-9,13,15-16,20H,2,10H2,1H3/t13-,15+,16+/m1/s1. The number of nitrogens with one attached hydrogen (secondary N) is 1. The lowest BCUT2D eigenvalue weighted by Gasteiger charge is -2.35. The van der Waals surface area contributed by atoms with Gasteiger partial charge in [0, 0.05) is 18.0 Å². The van der Waals surface area contributed by atoms with Crippen LogP contribution in [0.3, 0.4) is 0 Å². The number of benzene rings is 1. The van der Waals surface area contributed by atoms with Crippen LogP contribution in [0.4, 0.5) is 5.69 Å². The molecule has 4 rings (SSSR count). The Morgan fingerprint density at radius 1 is 1.32 bits per heavy atom. The van der Waals surface area contributed by atoms with Crippen molar-refractivity contribution in [1.82, 2.24) is 4.98 Å². The Labute approximate surface area is 129 Å². The van der Waals surface area contributed by atoms with Crippen LogP contribution in [-0.4, -0.2) is 23.6 Å². The molecule has 1 aliphatic heterocycles. The van der Waals surface area contributed by atoms with Crippen LogP contribution in [0.1, 0.15) is 29.7 Å². The average molecular weight is 294 g/mol. The summed E-state index contributed by atoms with van der Waals surface area (Å²) in [5.41, 5.74) is 4.59. The van der Waals surface area contributed by atoms with E-state index in [2.05, 4.69) is 34.6 Å². The number of anilines is 1. The van der Waals surface area contributed by atoms with Gasteiger partial charge in [-0.25, -0.2) is 4.79 Å². The molecule has 1 aromatic carbocycles. The van der Waals surface area contributed by atoms with Gasteiger partial charge in [-0.2, -0.15) is 0 Å². The number of pyridine rings is 1. The first kappa shape index (κ1) is 13.3. The maximum atomic E-state index is 12.4. The second kappa shape index (κ2) is 5.13. The number of esters is 1. The van der Waals surface area contributed by atoms with E-state index in [1.165, 1.54) is 11.1 Å². The van der Waals surface area contributed by atoms with E-state index in [9.17, 15) is 4.79 Å². The van der Waals surface area contributed by atoms with E-state index in [0.29, 0.717) is 6.61 Å². The summed E-state index contributed by atoms with van der Waals surface area (Å²) in [6, 6.07) is 12.0. The zero-order chi connectivity index (χ0) is 15.1. The Morgan fingerprint density at radius 2 is 2.18 bits per heavy atom. The fourth-order valence-corrected chi connectivity index (χ4v) is 3.81.